The van der Waals surface area contributed by atoms with Crippen LogP contribution in [-0.2, 0) is 4.57 Å². The van der Waals surface area contributed by atoms with Gasteiger partial charge in [-0.15, -0.1) is 0 Å². The molecule has 0 fully saturated rings. The molecule has 0 atom stereocenters. The van der Waals surface area contributed by atoms with Crippen molar-refractivity contribution < 1.29 is 19.5 Å². The van der Waals surface area contributed by atoms with Gasteiger partial charge in [0, 0.05) is 16.7 Å². The van der Waals surface area contributed by atoms with E-state index in [0.717, 1.165) is 6.07 Å². The minimum Gasteiger partial charge on any atom is -0.502 e. The molecule has 3 aromatic carbocycles. The predicted octanol–water partition coefficient (Wildman–Crippen LogP) is 2.85. The molecular formula is C18H13N2O6P. The SMILES string of the molecule is O=[N+]([O-])c1cc([N+](=O)[O-])c(O)c(P(=O)(c2ccccc2)c2ccccc2)c1. The first kappa shape index (κ1) is 18.3. The average molecular weight is 384 g/mol. The van der Waals surface area contributed by atoms with Crippen LogP contribution in [0.5, 0.6) is 5.75 Å². The van der Waals surface area contributed by atoms with Crippen LogP contribution in [0.25, 0.3) is 0 Å². The van der Waals surface area contributed by atoms with Gasteiger partial charge in [-0.25, -0.2) is 0 Å². The molecule has 9 heteroatoms. The maximum absolute atomic E-state index is 14.2. The van der Waals surface area contributed by atoms with Crippen LogP contribution in [0.4, 0.5) is 11.4 Å². The Labute approximate surface area is 153 Å². The first-order valence-electron chi connectivity index (χ1n) is 7.73. The zero-order valence-electron chi connectivity index (χ0n) is 13.8. The van der Waals surface area contributed by atoms with Gasteiger partial charge >= 0.3 is 5.69 Å². The molecule has 1 N–H and O–H groups in total. The smallest absolute Gasteiger partial charge is 0.318 e. The minimum atomic E-state index is -3.81. The van der Waals surface area contributed by atoms with Crippen molar-refractivity contribution in [1.29, 1.82) is 0 Å². The molecule has 27 heavy (non-hydrogen) atoms. The molecule has 0 bridgehead atoms. The van der Waals surface area contributed by atoms with Crippen molar-refractivity contribution in [3.8, 4) is 5.75 Å². The van der Waals surface area contributed by atoms with Crippen molar-refractivity contribution >= 4 is 34.4 Å². The molecule has 8 nitrogen and oxygen atoms in total. The summed E-state index contributed by atoms with van der Waals surface area (Å²) in [5.74, 6) is -0.846. The van der Waals surface area contributed by atoms with Crippen LogP contribution < -0.4 is 15.9 Å². The molecule has 136 valence electrons. The van der Waals surface area contributed by atoms with E-state index in [1.165, 1.54) is 0 Å². The number of nitro groups is 2. The lowest BCUT2D eigenvalue weighted by Crippen LogP contribution is -2.25. The van der Waals surface area contributed by atoms with E-state index in [4.69, 9.17) is 0 Å². The Balaban J connectivity index is 2.43. The Kier molecular flexibility index (Phi) is 4.75. The van der Waals surface area contributed by atoms with Gasteiger partial charge < -0.3 is 9.67 Å². The first-order chi connectivity index (χ1) is 12.9. The van der Waals surface area contributed by atoms with Crippen molar-refractivity contribution in [3.05, 3.63) is 93.0 Å². The number of phenolic OH excluding ortho intramolecular Hbond substituents is 1. The molecule has 0 amide bonds. The summed E-state index contributed by atoms with van der Waals surface area (Å²) in [6, 6.07) is 17.7. The van der Waals surface area contributed by atoms with E-state index in [0.29, 0.717) is 16.7 Å². The van der Waals surface area contributed by atoms with Gasteiger partial charge in [0.15, 0.2) is 7.14 Å². The molecule has 0 aliphatic carbocycles. The first-order valence-corrected chi connectivity index (χ1v) is 9.44. The van der Waals surface area contributed by atoms with E-state index in [2.05, 4.69) is 0 Å². The summed E-state index contributed by atoms with van der Waals surface area (Å²) in [6.07, 6.45) is 0. The summed E-state index contributed by atoms with van der Waals surface area (Å²) in [5, 5.41) is 33.3. The van der Waals surface area contributed by atoms with Crippen LogP contribution in [-0.4, -0.2) is 15.0 Å². The third-order valence-corrected chi connectivity index (χ3v) is 7.11. The number of non-ortho nitro benzene ring substituents is 1. The number of phenols is 1. The molecule has 0 heterocycles. The third kappa shape index (κ3) is 3.18. The Hall–Kier alpha value is -3.51. The van der Waals surface area contributed by atoms with Gasteiger partial charge in [-0.05, 0) is 0 Å². The fourth-order valence-corrected chi connectivity index (χ4v) is 5.54. The van der Waals surface area contributed by atoms with Crippen LogP contribution in [0, 0.1) is 20.2 Å². The minimum absolute atomic E-state index is 0.293. The number of hydrogen-bond donors (Lipinski definition) is 1. The Morgan fingerprint density at radius 3 is 1.67 bits per heavy atom. The van der Waals surface area contributed by atoms with Gasteiger partial charge in [-0.1, -0.05) is 60.7 Å². The summed E-state index contributed by atoms with van der Waals surface area (Å²) < 4.78 is 14.2. The molecular weight excluding hydrogens is 371 g/mol. The second-order valence-electron chi connectivity index (χ2n) is 5.63. The maximum atomic E-state index is 14.2. The van der Waals surface area contributed by atoms with E-state index in [1.807, 2.05) is 0 Å². The molecule has 0 aromatic heterocycles. The quantitative estimate of drug-likeness (QED) is 0.410. The lowest BCUT2D eigenvalue weighted by Gasteiger charge is -2.20. The standard InChI is InChI=1S/C18H13N2O6P/c21-18-16(20(24)25)11-13(19(22)23)12-17(18)27(26,14-7-3-1-4-8-14)15-9-5-2-6-10-15/h1-12,21H. The van der Waals surface area contributed by atoms with Gasteiger partial charge in [0.25, 0.3) is 5.69 Å². The zero-order chi connectivity index (χ0) is 19.6. The van der Waals surface area contributed by atoms with Crippen LogP contribution in [0.15, 0.2) is 72.8 Å². The van der Waals surface area contributed by atoms with Crippen molar-refractivity contribution in [2.24, 2.45) is 0 Å². The van der Waals surface area contributed by atoms with Crippen LogP contribution in [0.3, 0.4) is 0 Å². The number of aromatic hydroxyl groups is 1. The van der Waals surface area contributed by atoms with E-state index >= 15 is 0 Å². The highest BCUT2D eigenvalue weighted by Crippen LogP contribution is 2.47. The van der Waals surface area contributed by atoms with Crippen LogP contribution >= 0.6 is 7.14 Å². The molecule has 0 aliphatic heterocycles. The molecule has 0 unspecified atom stereocenters. The highest BCUT2D eigenvalue weighted by Gasteiger charge is 2.37. The lowest BCUT2D eigenvalue weighted by molar-refractivity contribution is -0.394. The van der Waals surface area contributed by atoms with Crippen LogP contribution in [0.2, 0.25) is 0 Å². The molecule has 0 saturated carbocycles. The second kappa shape index (κ2) is 7.01. The van der Waals surface area contributed by atoms with Crippen molar-refractivity contribution in [3.63, 3.8) is 0 Å². The normalized spacial score (nSPS) is 11.1. The largest absolute Gasteiger partial charge is 0.502 e. The summed E-state index contributed by atoms with van der Waals surface area (Å²) in [4.78, 5) is 20.8. The highest BCUT2D eigenvalue weighted by atomic mass is 31.2. The molecule has 0 spiro atoms. The Morgan fingerprint density at radius 1 is 0.778 bits per heavy atom. The third-order valence-electron chi connectivity index (χ3n) is 4.04. The summed E-state index contributed by atoms with van der Waals surface area (Å²) in [5.41, 5.74) is -1.49. The topological polar surface area (TPSA) is 124 Å². The van der Waals surface area contributed by atoms with Crippen molar-refractivity contribution in [2.45, 2.75) is 0 Å². The molecule has 3 rings (SSSR count). The number of benzene rings is 3. The molecule has 0 radical (unpaired) electrons. The highest BCUT2D eigenvalue weighted by molar-refractivity contribution is 7.85. The number of rotatable bonds is 5. The van der Waals surface area contributed by atoms with Crippen molar-refractivity contribution in [2.75, 3.05) is 0 Å². The van der Waals surface area contributed by atoms with Gasteiger partial charge in [0.1, 0.15) is 0 Å². The van der Waals surface area contributed by atoms with E-state index < -0.39 is 34.1 Å². The molecule has 3 aromatic rings. The Morgan fingerprint density at radius 2 is 1.26 bits per heavy atom. The lowest BCUT2D eigenvalue weighted by atomic mass is 10.2. The number of hydrogen-bond acceptors (Lipinski definition) is 6. The summed E-state index contributed by atoms with van der Waals surface area (Å²) >= 11 is 0. The zero-order valence-corrected chi connectivity index (χ0v) is 14.7. The fraction of sp³-hybridized carbons (Fsp3) is 0. The van der Waals surface area contributed by atoms with Gasteiger partial charge in [0.2, 0.25) is 5.75 Å². The van der Waals surface area contributed by atoms with Crippen LogP contribution in [0.1, 0.15) is 0 Å². The van der Waals surface area contributed by atoms with Crippen molar-refractivity contribution in [1.82, 2.24) is 0 Å². The monoisotopic (exact) mass is 384 g/mol. The van der Waals surface area contributed by atoms with Gasteiger partial charge in [-0.2, -0.15) is 0 Å². The summed E-state index contributed by atoms with van der Waals surface area (Å²) in [6.45, 7) is 0. The average Bonchev–Trinajstić information content (AvgIpc) is 2.68. The Bertz CT molecular complexity index is 1030. The molecule has 0 saturated heterocycles. The van der Waals surface area contributed by atoms with Gasteiger partial charge in [-0.3, -0.25) is 20.2 Å². The van der Waals surface area contributed by atoms with E-state index in [1.54, 1.807) is 60.7 Å². The van der Waals surface area contributed by atoms with E-state index in [9.17, 15) is 29.9 Å². The maximum Gasteiger partial charge on any atom is 0.318 e. The predicted molar refractivity (Wildman–Crippen MR) is 101 cm³/mol. The summed E-state index contributed by atoms with van der Waals surface area (Å²) in [7, 11) is -3.81. The molecule has 0 aliphatic rings. The van der Waals surface area contributed by atoms with E-state index in [-0.39, 0.29) is 5.30 Å². The second-order valence-corrected chi connectivity index (χ2v) is 8.36. The number of nitro benzene ring substituents is 2. The number of nitrogens with zero attached hydrogens (tertiary/aromatic N) is 2. The van der Waals surface area contributed by atoms with Gasteiger partial charge in [0.05, 0.1) is 21.2 Å². The fourth-order valence-electron chi connectivity index (χ4n) is 2.78.